The second kappa shape index (κ2) is 9.06. The first-order chi connectivity index (χ1) is 13.6. The summed E-state index contributed by atoms with van der Waals surface area (Å²) in [7, 11) is 1.43. The molecular weight excluding hydrogens is 383 g/mol. The minimum atomic E-state index is -0.541. The molecule has 5 nitrogen and oxygen atoms in total. The number of amides is 2. The Balaban J connectivity index is 1.80. The maximum atomic E-state index is 14.6. The highest BCUT2D eigenvalue weighted by atomic mass is 35.5. The first kappa shape index (κ1) is 20.1. The van der Waals surface area contributed by atoms with Gasteiger partial charge in [-0.1, -0.05) is 24.3 Å². The van der Waals surface area contributed by atoms with Gasteiger partial charge in [-0.25, -0.2) is 4.39 Å². The van der Waals surface area contributed by atoms with Crippen molar-refractivity contribution in [2.24, 2.45) is 0 Å². The Labute approximate surface area is 168 Å². The van der Waals surface area contributed by atoms with Gasteiger partial charge in [0.25, 0.3) is 5.91 Å². The van der Waals surface area contributed by atoms with E-state index in [4.69, 9.17) is 16.3 Å². The molecule has 2 aromatic rings. The number of benzene rings is 2. The average Bonchev–Trinajstić information content (AvgIpc) is 2.75. The van der Waals surface area contributed by atoms with Gasteiger partial charge in [0.1, 0.15) is 17.3 Å². The van der Waals surface area contributed by atoms with E-state index < -0.39 is 11.7 Å². The van der Waals surface area contributed by atoms with Crippen molar-refractivity contribution in [1.82, 2.24) is 4.90 Å². The quantitative estimate of drug-likeness (QED) is 0.714. The van der Waals surface area contributed by atoms with Crippen LogP contribution < -0.4 is 9.64 Å². The number of hydrogen-bond donors (Lipinski definition) is 0. The highest BCUT2D eigenvalue weighted by Gasteiger charge is 2.33. The molecule has 3 rings (SSSR count). The van der Waals surface area contributed by atoms with Crippen LogP contribution in [0, 0.1) is 5.82 Å². The van der Waals surface area contributed by atoms with Gasteiger partial charge in [0.05, 0.1) is 7.11 Å². The Hall–Kier alpha value is -2.60. The molecule has 2 amide bonds. The molecule has 0 N–H and O–H groups in total. The van der Waals surface area contributed by atoms with E-state index in [1.807, 2.05) is 18.2 Å². The molecule has 7 heteroatoms. The van der Waals surface area contributed by atoms with E-state index in [9.17, 15) is 14.0 Å². The maximum Gasteiger partial charge on any atom is 0.253 e. The van der Waals surface area contributed by atoms with Crippen LogP contribution in [0.5, 0.6) is 5.75 Å². The number of carbonyl (C=O) groups is 2. The van der Waals surface area contributed by atoms with Crippen molar-refractivity contribution >= 4 is 29.1 Å². The minimum Gasteiger partial charge on any atom is -0.494 e. The molecule has 1 fully saturated rings. The first-order valence-electron chi connectivity index (χ1n) is 9.11. The van der Waals surface area contributed by atoms with Crippen LogP contribution in [0.15, 0.2) is 48.5 Å². The largest absolute Gasteiger partial charge is 0.494 e. The first-order valence-corrected chi connectivity index (χ1v) is 9.65. The molecule has 1 aliphatic rings. The van der Waals surface area contributed by atoms with Crippen molar-refractivity contribution in [3.63, 3.8) is 0 Å². The normalized spacial score (nSPS) is 14.6. The van der Waals surface area contributed by atoms with Gasteiger partial charge >= 0.3 is 0 Å². The Bertz CT molecular complexity index is 839. The number of halogens is 2. The molecule has 28 heavy (non-hydrogen) atoms. The van der Waals surface area contributed by atoms with Crippen LogP contribution in [0.25, 0.3) is 0 Å². The summed E-state index contributed by atoms with van der Waals surface area (Å²) in [4.78, 5) is 28.3. The van der Waals surface area contributed by atoms with Gasteiger partial charge in [-0.05, 0) is 37.1 Å². The smallest absolute Gasteiger partial charge is 0.253 e. The summed E-state index contributed by atoms with van der Waals surface area (Å²) in [6.07, 6.45) is 1.05. The summed E-state index contributed by atoms with van der Waals surface area (Å²) in [5.74, 6) is -0.960. The van der Waals surface area contributed by atoms with E-state index in [0.29, 0.717) is 31.5 Å². The molecule has 0 spiro atoms. The molecule has 0 atom stereocenters. The summed E-state index contributed by atoms with van der Waals surface area (Å²) in [6.45, 7) is 0.947. The molecule has 0 bridgehead atoms. The average molecular weight is 405 g/mol. The number of ether oxygens (including phenoxy) is 1. The second-order valence-corrected chi connectivity index (χ2v) is 6.84. The lowest BCUT2D eigenvalue weighted by atomic mass is 10.0. The molecule has 0 saturated carbocycles. The molecule has 0 radical (unpaired) electrons. The molecule has 2 aromatic carbocycles. The van der Waals surface area contributed by atoms with Crippen LogP contribution in [-0.2, 0) is 4.79 Å². The molecular formula is C21H22ClFN2O3. The van der Waals surface area contributed by atoms with Crippen molar-refractivity contribution in [1.29, 1.82) is 0 Å². The van der Waals surface area contributed by atoms with Crippen LogP contribution in [0.1, 0.15) is 23.2 Å². The third-order valence-corrected chi connectivity index (χ3v) is 5.16. The molecule has 148 valence electrons. The van der Waals surface area contributed by atoms with E-state index in [2.05, 4.69) is 0 Å². The summed E-state index contributed by atoms with van der Waals surface area (Å²) in [5, 5.41) is 0. The van der Waals surface area contributed by atoms with Gasteiger partial charge in [-0.3, -0.25) is 9.59 Å². The predicted molar refractivity (Wildman–Crippen MR) is 107 cm³/mol. The van der Waals surface area contributed by atoms with Gasteiger partial charge in [0.2, 0.25) is 5.91 Å². The van der Waals surface area contributed by atoms with Gasteiger partial charge in [-0.2, -0.15) is 0 Å². The highest BCUT2D eigenvalue weighted by Crippen LogP contribution is 2.35. The summed E-state index contributed by atoms with van der Waals surface area (Å²) < 4.78 is 19.9. The Morgan fingerprint density at radius 1 is 1.14 bits per heavy atom. The zero-order valence-electron chi connectivity index (χ0n) is 15.6. The number of likely N-dealkylation sites (tertiary alicyclic amines) is 1. The summed E-state index contributed by atoms with van der Waals surface area (Å²) >= 11 is 5.80. The molecule has 0 aliphatic carbocycles. The summed E-state index contributed by atoms with van der Waals surface area (Å²) in [6, 6.07) is 13.2. The van der Waals surface area contributed by atoms with E-state index in [-0.39, 0.29) is 29.3 Å². The Morgan fingerprint density at radius 2 is 1.82 bits per heavy atom. The number of anilines is 1. The van der Waals surface area contributed by atoms with E-state index >= 15 is 0 Å². The fourth-order valence-electron chi connectivity index (χ4n) is 3.56. The third kappa shape index (κ3) is 4.12. The zero-order valence-corrected chi connectivity index (χ0v) is 16.4. The van der Waals surface area contributed by atoms with Gasteiger partial charge in [0, 0.05) is 24.7 Å². The number of methoxy groups -OCH3 is 1. The van der Waals surface area contributed by atoms with Crippen LogP contribution >= 0.6 is 11.6 Å². The summed E-state index contributed by atoms with van der Waals surface area (Å²) in [5.41, 5.74) is 0.730. The van der Waals surface area contributed by atoms with E-state index in [1.54, 1.807) is 23.1 Å². The number of piperidine rings is 1. The molecule has 1 heterocycles. The number of carbonyl (C=O) groups excluding carboxylic acids is 2. The van der Waals surface area contributed by atoms with Crippen LogP contribution in [0.2, 0.25) is 0 Å². The fourth-order valence-corrected chi connectivity index (χ4v) is 3.69. The lowest BCUT2D eigenvalue weighted by Crippen LogP contribution is -2.49. The molecule has 1 saturated heterocycles. The van der Waals surface area contributed by atoms with Crippen molar-refractivity contribution in [3.8, 4) is 5.75 Å². The SMILES string of the molecule is COc1cccc(F)c1N(C(=O)CCl)C1CCN(C(=O)c2ccccc2)CC1. The lowest BCUT2D eigenvalue weighted by molar-refractivity contribution is -0.117. The topological polar surface area (TPSA) is 49.9 Å². The van der Waals surface area contributed by atoms with E-state index in [1.165, 1.54) is 24.1 Å². The minimum absolute atomic E-state index is 0.0438. The number of nitrogens with zero attached hydrogens (tertiary/aromatic N) is 2. The highest BCUT2D eigenvalue weighted by molar-refractivity contribution is 6.29. The molecule has 0 unspecified atom stereocenters. The van der Waals surface area contributed by atoms with Crippen LogP contribution in [-0.4, -0.2) is 48.8 Å². The fraction of sp³-hybridized carbons (Fsp3) is 0.333. The molecule has 0 aromatic heterocycles. The lowest BCUT2D eigenvalue weighted by Gasteiger charge is -2.39. The number of para-hydroxylation sites is 1. The van der Waals surface area contributed by atoms with Crippen molar-refractivity contribution in [2.75, 3.05) is 31.0 Å². The van der Waals surface area contributed by atoms with Gasteiger partial charge in [-0.15, -0.1) is 11.6 Å². The monoisotopic (exact) mass is 404 g/mol. The third-order valence-electron chi connectivity index (χ3n) is 4.93. The Morgan fingerprint density at radius 3 is 2.43 bits per heavy atom. The van der Waals surface area contributed by atoms with Crippen LogP contribution in [0.3, 0.4) is 0 Å². The van der Waals surface area contributed by atoms with E-state index in [0.717, 1.165) is 0 Å². The number of alkyl halides is 1. The number of hydrogen-bond acceptors (Lipinski definition) is 3. The predicted octanol–water partition coefficient (Wildman–Crippen LogP) is 3.71. The van der Waals surface area contributed by atoms with Crippen molar-refractivity contribution < 1.29 is 18.7 Å². The Kier molecular flexibility index (Phi) is 6.52. The number of rotatable bonds is 5. The van der Waals surface area contributed by atoms with Crippen LogP contribution in [0.4, 0.5) is 10.1 Å². The van der Waals surface area contributed by atoms with Crippen molar-refractivity contribution in [2.45, 2.75) is 18.9 Å². The van der Waals surface area contributed by atoms with Gasteiger partial charge in [0.15, 0.2) is 5.82 Å². The van der Waals surface area contributed by atoms with Gasteiger partial charge < -0.3 is 14.5 Å². The standard InChI is InChI=1S/C21H22ClFN2O3/c1-28-18-9-5-8-17(23)20(18)25(19(26)14-22)16-10-12-24(13-11-16)21(27)15-6-3-2-4-7-15/h2-9,16H,10-14H2,1H3. The molecule has 1 aliphatic heterocycles. The second-order valence-electron chi connectivity index (χ2n) is 6.58. The maximum absolute atomic E-state index is 14.6. The van der Waals surface area contributed by atoms with Crippen molar-refractivity contribution in [3.05, 3.63) is 59.9 Å². The zero-order chi connectivity index (χ0) is 20.1.